The summed E-state index contributed by atoms with van der Waals surface area (Å²) in [5.74, 6) is 0.487. The number of anilines is 1. The van der Waals surface area contributed by atoms with Crippen molar-refractivity contribution in [2.24, 2.45) is 0 Å². The van der Waals surface area contributed by atoms with Crippen LogP contribution in [0.3, 0.4) is 0 Å². The third kappa shape index (κ3) is 5.14. The van der Waals surface area contributed by atoms with Crippen LogP contribution < -0.4 is 4.90 Å². The number of hydrogen-bond donors (Lipinski definition) is 0. The molecule has 0 N–H and O–H groups in total. The maximum Gasteiger partial charge on any atom is 0.416 e. The number of pyridine rings is 1. The number of hydrogen-bond acceptors (Lipinski definition) is 6. The van der Waals surface area contributed by atoms with E-state index in [-0.39, 0.29) is 19.8 Å². The Bertz CT molecular complexity index is 803. The van der Waals surface area contributed by atoms with Crippen LogP contribution in [0, 0.1) is 0 Å². The highest BCUT2D eigenvalue weighted by Gasteiger charge is 2.34. The minimum Gasteiger partial charge on any atom is -0.441 e. The maximum absolute atomic E-state index is 12.4. The van der Waals surface area contributed by atoms with Gasteiger partial charge in [0.1, 0.15) is 11.9 Å². The minimum atomic E-state index is -3.26. The molecule has 138 valence electrons. The Morgan fingerprint density at radius 2 is 2.04 bits per heavy atom. The molecule has 2 aromatic rings. The molecular weight excluding hydrogens is 423 g/mol. The summed E-state index contributed by atoms with van der Waals surface area (Å²) in [5, 5.41) is 0. The molecule has 1 saturated heterocycles. The number of aromatic nitrogens is 1. The topological polar surface area (TPSA) is 78.0 Å². The molecule has 2 unspecified atom stereocenters. The molecule has 1 amide bonds. The fraction of sp³-hybridized carbons (Fsp3) is 0.294. The zero-order valence-electron chi connectivity index (χ0n) is 14.1. The molecule has 1 aliphatic rings. The highest BCUT2D eigenvalue weighted by molar-refractivity contribution is 9.10. The minimum absolute atomic E-state index is 0.0126. The first-order valence-electron chi connectivity index (χ1n) is 7.93. The summed E-state index contributed by atoms with van der Waals surface area (Å²) in [5.41, 5.74) is 0.901. The molecule has 0 aliphatic carbocycles. The lowest BCUT2D eigenvalue weighted by atomic mass is 10.2. The van der Waals surface area contributed by atoms with Crippen molar-refractivity contribution in [2.75, 3.05) is 24.7 Å². The normalized spacial score (nSPS) is 19.2. The quantitative estimate of drug-likeness (QED) is 0.599. The molecule has 0 saturated carbocycles. The Hall–Kier alpha value is -1.73. The number of benzene rings is 1. The van der Waals surface area contributed by atoms with Crippen LogP contribution in [0.15, 0.2) is 53.1 Å². The molecule has 0 radical (unpaired) electrons. The maximum atomic E-state index is 12.4. The summed E-state index contributed by atoms with van der Waals surface area (Å²) < 4.78 is 29.2. The first-order chi connectivity index (χ1) is 12.4. The first-order valence-corrected chi connectivity index (χ1v) is 10.7. The van der Waals surface area contributed by atoms with Crippen LogP contribution in [0.5, 0.6) is 0 Å². The van der Waals surface area contributed by atoms with Crippen molar-refractivity contribution >= 4 is 35.4 Å². The summed E-state index contributed by atoms with van der Waals surface area (Å²) in [6.45, 7) is 1.85. The number of rotatable bonds is 7. The monoisotopic (exact) mass is 440 g/mol. The second-order valence-corrected chi connectivity index (χ2v) is 8.75. The fourth-order valence-electron chi connectivity index (χ4n) is 2.34. The summed E-state index contributed by atoms with van der Waals surface area (Å²) >= 11 is 3.30. The predicted octanol–water partition coefficient (Wildman–Crippen LogP) is 4.23. The molecule has 1 aliphatic heterocycles. The molecule has 1 aromatic carbocycles. The Labute approximate surface area is 159 Å². The van der Waals surface area contributed by atoms with E-state index in [2.05, 4.69) is 20.9 Å². The Morgan fingerprint density at radius 1 is 1.27 bits per heavy atom. The van der Waals surface area contributed by atoms with Crippen molar-refractivity contribution in [1.29, 1.82) is 0 Å². The highest BCUT2D eigenvalue weighted by atomic mass is 79.9. The van der Waals surface area contributed by atoms with Crippen molar-refractivity contribution in [2.45, 2.75) is 12.7 Å². The summed E-state index contributed by atoms with van der Waals surface area (Å²) in [7, 11) is -3.26. The molecule has 2 atom stereocenters. The van der Waals surface area contributed by atoms with Crippen molar-refractivity contribution in [3.05, 3.63) is 58.7 Å². The van der Waals surface area contributed by atoms with E-state index in [0.717, 1.165) is 10.0 Å². The van der Waals surface area contributed by atoms with Crippen molar-refractivity contribution < 1.29 is 23.1 Å². The van der Waals surface area contributed by atoms with Gasteiger partial charge >= 0.3 is 13.7 Å². The van der Waals surface area contributed by atoms with Gasteiger partial charge in [-0.3, -0.25) is 9.46 Å². The van der Waals surface area contributed by atoms with Gasteiger partial charge in [-0.25, -0.2) is 9.78 Å². The van der Waals surface area contributed by atoms with Crippen LogP contribution in [0.1, 0.15) is 5.56 Å². The van der Waals surface area contributed by atoms with E-state index < -0.39 is 19.8 Å². The number of amides is 1. The number of carbonyl (C=O) groups is 1. The Morgan fingerprint density at radius 3 is 2.73 bits per heavy atom. The molecule has 1 fully saturated rings. The average molecular weight is 441 g/mol. The van der Waals surface area contributed by atoms with Gasteiger partial charge in [0.15, 0.2) is 0 Å². The number of ether oxygens (including phenoxy) is 1. The molecule has 0 spiro atoms. The van der Waals surface area contributed by atoms with Gasteiger partial charge in [0.25, 0.3) is 0 Å². The fourth-order valence-corrected chi connectivity index (χ4v) is 3.47. The predicted molar refractivity (Wildman–Crippen MR) is 100 cm³/mol. The zero-order chi connectivity index (χ0) is 18.6. The lowest BCUT2D eigenvalue weighted by molar-refractivity contribution is 0.0937. The largest absolute Gasteiger partial charge is 0.441 e. The van der Waals surface area contributed by atoms with E-state index in [9.17, 15) is 9.36 Å². The standard InChI is InChI=1S/C17H18BrN2O5P/c1-26(22,23-11-13-5-3-2-4-6-13)24-12-15-10-20(17(21)25-15)16-8-7-14(18)9-19-16/h2-9,15H,10-12H2,1H3. The highest BCUT2D eigenvalue weighted by Crippen LogP contribution is 2.45. The van der Waals surface area contributed by atoms with Gasteiger partial charge in [-0.2, -0.15) is 0 Å². The second-order valence-electron chi connectivity index (χ2n) is 5.78. The van der Waals surface area contributed by atoms with E-state index in [0.29, 0.717) is 5.82 Å². The van der Waals surface area contributed by atoms with Crippen molar-refractivity contribution in [3.8, 4) is 0 Å². The number of nitrogens with zero attached hydrogens (tertiary/aromatic N) is 2. The second kappa shape index (κ2) is 8.31. The van der Waals surface area contributed by atoms with Gasteiger partial charge in [0.05, 0.1) is 19.8 Å². The van der Waals surface area contributed by atoms with Gasteiger partial charge < -0.3 is 13.8 Å². The number of halogens is 1. The Balaban J connectivity index is 1.50. The smallest absolute Gasteiger partial charge is 0.416 e. The van der Waals surface area contributed by atoms with E-state index in [4.69, 9.17) is 13.8 Å². The molecule has 9 heteroatoms. The van der Waals surface area contributed by atoms with Gasteiger partial charge in [-0.15, -0.1) is 0 Å². The van der Waals surface area contributed by atoms with Gasteiger partial charge in [0, 0.05) is 17.3 Å². The molecule has 3 rings (SSSR count). The van der Waals surface area contributed by atoms with Crippen LogP contribution in [0.4, 0.5) is 10.6 Å². The lowest BCUT2D eigenvalue weighted by Crippen LogP contribution is -2.26. The van der Waals surface area contributed by atoms with Crippen molar-refractivity contribution in [3.63, 3.8) is 0 Å². The van der Waals surface area contributed by atoms with Crippen LogP contribution >= 0.6 is 23.5 Å². The number of cyclic esters (lactones) is 1. The zero-order valence-corrected chi connectivity index (χ0v) is 16.6. The lowest BCUT2D eigenvalue weighted by Gasteiger charge is -2.16. The van der Waals surface area contributed by atoms with Gasteiger partial charge in [-0.1, -0.05) is 30.3 Å². The van der Waals surface area contributed by atoms with E-state index in [1.807, 2.05) is 30.3 Å². The summed E-state index contributed by atoms with van der Waals surface area (Å²) in [6.07, 6.45) is 0.551. The van der Waals surface area contributed by atoms with Gasteiger partial charge in [0.2, 0.25) is 0 Å². The Kier molecular flexibility index (Phi) is 6.09. The molecule has 26 heavy (non-hydrogen) atoms. The van der Waals surface area contributed by atoms with Crippen LogP contribution in [0.25, 0.3) is 0 Å². The third-order valence-corrected chi connectivity index (χ3v) is 5.35. The van der Waals surface area contributed by atoms with Crippen molar-refractivity contribution in [1.82, 2.24) is 4.98 Å². The third-order valence-electron chi connectivity index (χ3n) is 3.67. The van der Waals surface area contributed by atoms with E-state index >= 15 is 0 Å². The van der Waals surface area contributed by atoms with Crippen LogP contribution in [0.2, 0.25) is 0 Å². The number of carbonyl (C=O) groups excluding carboxylic acids is 1. The summed E-state index contributed by atoms with van der Waals surface area (Å²) in [4.78, 5) is 17.6. The molecular formula is C17H18BrN2O5P. The first kappa shape index (κ1) is 19.0. The van der Waals surface area contributed by atoms with E-state index in [1.54, 1.807) is 18.3 Å². The van der Waals surface area contributed by atoms with Crippen LogP contribution in [-0.2, 0) is 25.0 Å². The van der Waals surface area contributed by atoms with Gasteiger partial charge in [-0.05, 0) is 33.6 Å². The van der Waals surface area contributed by atoms with E-state index in [1.165, 1.54) is 11.6 Å². The average Bonchev–Trinajstić information content (AvgIpc) is 3.01. The molecule has 7 nitrogen and oxygen atoms in total. The SMILES string of the molecule is CP(=O)(OCc1ccccc1)OCC1CN(c2ccc(Br)cn2)C(=O)O1. The summed E-state index contributed by atoms with van der Waals surface area (Å²) in [6, 6.07) is 12.9. The van der Waals surface area contributed by atoms with Crippen LogP contribution in [-0.4, -0.2) is 37.0 Å². The molecule has 2 heterocycles. The molecule has 0 bridgehead atoms. The molecule has 1 aromatic heterocycles.